The lowest BCUT2D eigenvalue weighted by molar-refractivity contribution is 1.16. The molecule has 13 rings (SSSR count). The normalized spacial score (nSPS) is 12.0. The number of fused-ring (bicyclic) bond motifs is 14. The molecule has 0 fully saturated rings. The molecule has 4 aromatic heterocycles. The summed E-state index contributed by atoms with van der Waals surface area (Å²) in [5, 5.41) is 19.7. The molecule has 278 valence electrons. The van der Waals surface area contributed by atoms with Gasteiger partial charge >= 0.3 is 0 Å². The van der Waals surface area contributed by atoms with Gasteiger partial charge in [-0.25, -0.2) is 0 Å². The molecule has 0 saturated carbocycles. The lowest BCUT2D eigenvalue weighted by atomic mass is 10.0. The van der Waals surface area contributed by atoms with Gasteiger partial charge < -0.3 is 18.3 Å². The van der Waals surface area contributed by atoms with Crippen molar-refractivity contribution in [3.05, 3.63) is 206 Å². The molecule has 0 aliphatic rings. The summed E-state index contributed by atoms with van der Waals surface area (Å²) in [5.41, 5.74) is 14.1. The second-order valence-corrected chi connectivity index (χ2v) is 15.6. The molecule has 0 aliphatic carbocycles. The van der Waals surface area contributed by atoms with E-state index >= 15 is 0 Å². The zero-order valence-electron chi connectivity index (χ0n) is 32.3. The Hall–Kier alpha value is -8.33. The van der Waals surface area contributed by atoms with Crippen LogP contribution in [-0.4, -0.2) is 18.3 Å². The fraction of sp³-hybridized carbons (Fsp3) is 0. The van der Waals surface area contributed by atoms with E-state index in [1.54, 1.807) is 0 Å². The first-order valence-electron chi connectivity index (χ1n) is 20.3. The minimum absolute atomic E-state index is 0.670. The maximum atomic E-state index is 10.4. The van der Waals surface area contributed by atoms with Gasteiger partial charge in [0.2, 0.25) is 0 Å². The molecule has 5 heteroatoms. The topological polar surface area (TPSA) is 43.5 Å². The molecule has 0 aliphatic heterocycles. The molecule has 13 aromatic rings. The highest BCUT2D eigenvalue weighted by molar-refractivity contribution is 6.28. The Morgan fingerprint density at radius 3 is 1.40 bits per heavy atom. The van der Waals surface area contributed by atoms with Crippen LogP contribution in [0, 0.1) is 11.3 Å². The second-order valence-electron chi connectivity index (χ2n) is 15.6. The summed E-state index contributed by atoms with van der Waals surface area (Å²) in [7, 11) is 0. The molecule has 0 atom stereocenters. The molecule has 60 heavy (non-hydrogen) atoms. The Kier molecular flexibility index (Phi) is 6.73. The molecular weight excluding hydrogens is 731 g/mol. The van der Waals surface area contributed by atoms with Gasteiger partial charge in [-0.05, 0) is 91.0 Å². The van der Waals surface area contributed by atoms with Crippen LogP contribution in [0.25, 0.3) is 110 Å². The molecule has 0 amide bonds. The van der Waals surface area contributed by atoms with Gasteiger partial charge in [0.25, 0.3) is 0 Å². The van der Waals surface area contributed by atoms with Crippen LogP contribution in [0.15, 0.2) is 200 Å². The van der Waals surface area contributed by atoms with Gasteiger partial charge in [-0.1, -0.05) is 109 Å². The van der Waals surface area contributed by atoms with Gasteiger partial charge in [0.15, 0.2) is 0 Å². The molecule has 9 aromatic carbocycles. The van der Waals surface area contributed by atoms with E-state index in [1.165, 1.54) is 32.6 Å². The van der Waals surface area contributed by atoms with Gasteiger partial charge in [0.05, 0.1) is 55.8 Å². The van der Waals surface area contributed by atoms with Crippen LogP contribution in [0.2, 0.25) is 0 Å². The SMILES string of the molecule is N#Cc1cccc2c1c1ccc3c(c4cc(-n5c6ccccc6c6c5ccc5c7ccccc7n(-c7ccccc7)c56)ccc4n3-c3ccccc3)c1n2-c1ccccc1. The highest BCUT2D eigenvalue weighted by atomic mass is 15.0. The van der Waals surface area contributed by atoms with Crippen LogP contribution < -0.4 is 0 Å². The maximum Gasteiger partial charge on any atom is 0.0998 e. The number of aromatic nitrogens is 4. The van der Waals surface area contributed by atoms with E-state index < -0.39 is 0 Å². The van der Waals surface area contributed by atoms with Crippen LogP contribution in [-0.2, 0) is 0 Å². The average molecular weight is 764 g/mol. The molecule has 0 unspecified atom stereocenters. The highest BCUT2D eigenvalue weighted by Gasteiger charge is 2.25. The third-order valence-electron chi connectivity index (χ3n) is 12.6. The van der Waals surface area contributed by atoms with Crippen molar-refractivity contribution >= 4 is 87.2 Å². The molecule has 4 heterocycles. The summed E-state index contributed by atoms with van der Waals surface area (Å²) < 4.78 is 9.63. The van der Waals surface area contributed by atoms with Crippen molar-refractivity contribution in [2.45, 2.75) is 0 Å². The van der Waals surface area contributed by atoms with Crippen LogP contribution in [0.5, 0.6) is 0 Å². The van der Waals surface area contributed by atoms with Crippen molar-refractivity contribution < 1.29 is 0 Å². The standard InChI is InChI=1S/C55H33N5/c56-34-35-15-14-26-48-51(35)43-29-32-50-53(55(43)60(48)38-20-8-3-9-21-38)44-33-39(27-30-47(44)57(50)36-16-4-1-5-17-36)58-46-25-13-11-23-42(46)52-49(58)31-28-41-40-22-10-12-24-45(40)59(54(41)52)37-18-6-2-7-19-37/h1-33H. The predicted octanol–water partition coefficient (Wildman–Crippen LogP) is 13.9. The molecule has 0 radical (unpaired) electrons. The number of nitriles is 1. The molecule has 5 nitrogen and oxygen atoms in total. The fourth-order valence-corrected chi connectivity index (χ4v) is 10.2. The molecule has 0 saturated heterocycles. The Bertz CT molecular complexity index is 3930. The van der Waals surface area contributed by atoms with E-state index in [4.69, 9.17) is 0 Å². The number of hydrogen-bond acceptors (Lipinski definition) is 1. The van der Waals surface area contributed by atoms with Gasteiger partial charge in [-0.15, -0.1) is 0 Å². The predicted molar refractivity (Wildman–Crippen MR) is 249 cm³/mol. The van der Waals surface area contributed by atoms with Crippen LogP contribution in [0.3, 0.4) is 0 Å². The van der Waals surface area contributed by atoms with Crippen molar-refractivity contribution in [1.82, 2.24) is 18.3 Å². The number of hydrogen-bond donors (Lipinski definition) is 0. The molecule has 0 N–H and O–H groups in total. The summed E-state index contributed by atoms with van der Waals surface area (Å²) in [6.45, 7) is 0. The first-order valence-corrected chi connectivity index (χ1v) is 20.3. The average Bonchev–Trinajstić information content (AvgIpc) is 4.04. The summed E-state index contributed by atoms with van der Waals surface area (Å²) >= 11 is 0. The Balaban J connectivity index is 1.20. The Morgan fingerprint density at radius 1 is 0.283 bits per heavy atom. The lowest BCUT2D eigenvalue weighted by Crippen LogP contribution is -1.96. The minimum atomic E-state index is 0.670. The van der Waals surface area contributed by atoms with Gasteiger partial charge in [-0.3, -0.25) is 0 Å². The van der Waals surface area contributed by atoms with Crippen molar-refractivity contribution in [2.75, 3.05) is 0 Å². The fourth-order valence-electron chi connectivity index (χ4n) is 10.2. The minimum Gasteiger partial charge on any atom is -0.309 e. The van der Waals surface area contributed by atoms with Crippen LogP contribution in [0.4, 0.5) is 0 Å². The Morgan fingerprint density at radius 2 is 0.733 bits per heavy atom. The quantitative estimate of drug-likeness (QED) is 0.176. The smallest absolute Gasteiger partial charge is 0.0998 e. The van der Waals surface area contributed by atoms with Crippen molar-refractivity contribution in [3.63, 3.8) is 0 Å². The highest BCUT2D eigenvalue weighted by Crippen LogP contribution is 2.45. The van der Waals surface area contributed by atoms with E-state index in [0.717, 1.165) is 77.4 Å². The van der Waals surface area contributed by atoms with Gasteiger partial charge in [0, 0.05) is 65.8 Å². The van der Waals surface area contributed by atoms with E-state index in [1.807, 2.05) is 12.1 Å². The zero-order valence-corrected chi connectivity index (χ0v) is 32.3. The first-order chi connectivity index (χ1) is 29.8. The number of para-hydroxylation sites is 5. The summed E-state index contributed by atoms with van der Waals surface area (Å²) in [6.07, 6.45) is 0. The molecular formula is C55H33N5. The van der Waals surface area contributed by atoms with Crippen molar-refractivity contribution in [1.29, 1.82) is 5.26 Å². The second kappa shape index (κ2) is 12.3. The number of rotatable bonds is 4. The largest absolute Gasteiger partial charge is 0.309 e. The van der Waals surface area contributed by atoms with Crippen molar-refractivity contribution in [3.8, 4) is 28.8 Å². The van der Waals surface area contributed by atoms with Gasteiger partial charge in [0.1, 0.15) is 0 Å². The monoisotopic (exact) mass is 763 g/mol. The molecule has 0 spiro atoms. The van der Waals surface area contributed by atoms with E-state index in [9.17, 15) is 5.26 Å². The third kappa shape index (κ3) is 4.34. The summed E-state index contributed by atoms with van der Waals surface area (Å²) in [6, 6.07) is 74.1. The van der Waals surface area contributed by atoms with Crippen LogP contribution >= 0.6 is 0 Å². The molecule has 0 bridgehead atoms. The lowest BCUT2D eigenvalue weighted by Gasteiger charge is -2.11. The third-order valence-corrected chi connectivity index (χ3v) is 12.6. The zero-order chi connectivity index (χ0) is 39.5. The summed E-state index contributed by atoms with van der Waals surface area (Å²) in [4.78, 5) is 0. The Labute approximate surface area is 344 Å². The van der Waals surface area contributed by atoms with Crippen LogP contribution in [0.1, 0.15) is 5.56 Å². The summed E-state index contributed by atoms with van der Waals surface area (Å²) in [5.74, 6) is 0. The van der Waals surface area contributed by atoms with E-state index in [2.05, 4.69) is 212 Å². The maximum absolute atomic E-state index is 10.4. The van der Waals surface area contributed by atoms with E-state index in [-0.39, 0.29) is 0 Å². The van der Waals surface area contributed by atoms with Crippen molar-refractivity contribution in [2.24, 2.45) is 0 Å². The van der Waals surface area contributed by atoms with E-state index in [0.29, 0.717) is 5.56 Å². The number of nitrogens with zero attached hydrogens (tertiary/aromatic N) is 5. The number of benzene rings is 9. The van der Waals surface area contributed by atoms with Gasteiger partial charge in [-0.2, -0.15) is 5.26 Å². The first kappa shape index (κ1) is 32.7.